The Labute approximate surface area is 172 Å². The molecule has 1 aromatic heterocycles. The monoisotopic (exact) mass is 388 g/mol. The average molecular weight is 389 g/mol. The highest BCUT2D eigenvalue weighted by atomic mass is 16.5. The van der Waals surface area contributed by atoms with E-state index >= 15 is 0 Å². The number of hydrogen-bond acceptors (Lipinski definition) is 4. The van der Waals surface area contributed by atoms with Crippen molar-refractivity contribution < 1.29 is 9.53 Å². The van der Waals surface area contributed by atoms with E-state index in [-0.39, 0.29) is 12.0 Å². The number of aromatic nitrogens is 1. The Kier molecular flexibility index (Phi) is 5.27. The molecule has 0 bridgehead atoms. The van der Waals surface area contributed by atoms with Crippen molar-refractivity contribution in [2.24, 2.45) is 11.3 Å². The highest BCUT2D eigenvalue weighted by molar-refractivity contribution is 5.89. The maximum absolute atomic E-state index is 12.0. The Bertz CT molecular complexity index is 1000. The van der Waals surface area contributed by atoms with Crippen molar-refractivity contribution in [1.82, 2.24) is 4.98 Å². The normalized spacial score (nSPS) is 16.8. The molecule has 0 amide bonds. The van der Waals surface area contributed by atoms with Crippen molar-refractivity contribution in [1.29, 1.82) is 0 Å². The van der Waals surface area contributed by atoms with Crippen LogP contribution < -0.4 is 5.32 Å². The number of benzene rings is 2. The first-order chi connectivity index (χ1) is 13.9. The first-order valence-electron chi connectivity index (χ1n) is 10.3. The van der Waals surface area contributed by atoms with Crippen LogP contribution in [0.25, 0.3) is 10.9 Å². The van der Waals surface area contributed by atoms with Crippen LogP contribution in [0.15, 0.2) is 60.8 Å². The van der Waals surface area contributed by atoms with Crippen molar-refractivity contribution >= 4 is 22.6 Å². The van der Waals surface area contributed by atoms with E-state index in [2.05, 4.69) is 36.3 Å². The van der Waals surface area contributed by atoms with Crippen molar-refractivity contribution in [3.05, 3.63) is 71.9 Å². The molecule has 0 radical (unpaired) electrons. The maximum Gasteiger partial charge on any atom is 0.338 e. The van der Waals surface area contributed by atoms with Crippen LogP contribution in [0.5, 0.6) is 0 Å². The smallest absolute Gasteiger partial charge is 0.338 e. The highest BCUT2D eigenvalue weighted by Crippen LogP contribution is 2.51. The maximum atomic E-state index is 12.0. The molecule has 29 heavy (non-hydrogen) atoms. The minimum Gasteiger partial charge on any atom is -0.462 e. The summed E-state index contributed by atoms with van der Waals surface area (Å²) < 4.78 is 5.11. The van der Waals surface area contributed by atoms with Gasteiger partial charge in [-0.2, -0.15) is 0 Å². The number of nitrogens with one attached hydrogen (secondary N) is 1. The predicted molar refractivity (Wildman–Crippen MR) is 117 cm³/mol. The van der Waals surface area contributed by atoms with Gasteiger partial charge in [0.1, 0.15) is 0 Å². The zero-order valence-corrected chi connectivity index (χ0v) is 17.3. The second kappa shape index (κ2) is 7.86. The van der Waals surface area contributed by atoms with Gasteiger partial charge in [-0.3, -0.25) is 4.98 Å². The molecule has 4 rings (SSSR count). The molecule has 1 aliphatic rings. The van der Waals surface area contributed by atoms with Gasteiger partial charge in [-0.05, 0) is 60.9 Å². The number of hydrogen-bond donors (Lipinski definition) is 1. The van der Waals surface area contributed by atoms with Crippen LogP contribution in [0.1, 0.15) is 55.6 Å². The van der Waals surface area contributed by atoms with Crippen molar-refractivity contribution in [2.45, 2.75) is 39.7 Å². The lowest BCUT2D eigenvalue weighted by Crippen LogP contribution is -2.38. The summed E-state index contributed by atoms with van der Waals surface area (Å²) in [5.41, 5.74) is 4.19. The van der Waals surface area contributed by atoms with Crippen LogP contribution in [-0.2, 0) is 4.74 Å². The number of rotatable bonds is 6. The molecule has 1 atom stereocenters. The van der Waals surface area contributed by atoms with Crippen molar-refractivity contribution in [2.75, 3.05) is 11.9 Å². The Morgan fingerprint density at radius 3 is 2.59 bits per heavy atom. The molecule has 4 nitrogen and oxygen atoms in total. The van der Waals surface area contributed by atoms with Gasteiger partial charge in [0.25, 0.3) is 0 Å². The summed E-state index contributed by atoms with van der Waals surface area (Å²) in [4.78, 5) is 16.6. The molecule has 1 saturated carbocycles. The molecule has 1 fully saturated rings. The number of ether oxygens (including phenoxy) is 1. The van der Waals surface area contributed by atoms with Crippen LogP contribution >= 0.6 is 0 Å². The zero-order chi connectivity index (χ0) is 20.4. The molecule has 3 aromatic rings. The second-order valence-corrected chi connectivity index (χ2v) is 8.71. The Morgan fingerprint density at radius 1 is 1.17 bits per heavy atom. The van der Waals surface area contributed by atoms with Crippen molar-refractivity contribution in [3.63, 3.8) is 0 Å². The summed E-state index contributed by atoms with van der Waals surface area (Å²) in [5.74, 6) is 0.275. The summed E-state index contributed by atoms with van der Waals surface area (Å²) in [6.45, 7) is 6.85. The summed E-state index contributed by atoms with van der Waals surface area (Å²) in [6.07, 6.45) is 4.25. The average Bonchev–Trinajstić information content (AvgIpc) is 2.70. The molecular weight excluding hydrogens is 360 g/mol. The lowest BCUT2D eigenvalue weighted by atomic mass is 9.61. The fraction of sp³-hybridized carbons (Fsp3) is 0.360. The number of anilines is 1. The topological polar surface area (TPSA) is 51.2 Å². The van der Waals surface area contributed by atoms with E-state index in [1.807, 2.05) is 55.6 Å². The zero-order valence-electron chi connectivity index (χ0n) is 17.3. The fourth-order valence-corrected chi connectivity index (χ4v) is 4.44. The molecule has 2 aromatic carbocycles. The standard InChI is InChI=1S/C25H28N2O2/c1-4-29-24(28)18-11-9-17(10-12-18)23(20-14-25(2,3)15-20)27-21-13-19-7-5-6-8-22(19)26-16-21/h5-13,16,20,23,27H,4,14-15H2,1-3H3. The molecule has 0 spiro atoms. The van der Waals surface area contributed by atoms with Gasteiger partial charge in [0, 0.05) is 5.39 Å². The first-order valence-corrected chi connectivity index (χ1v) is 10.3. The number of pyridine rings is 1. The van der Waals surface area contributed by atoms with E-state index in [0.29, 0.717) is 23.5 Å². The minimum atomic E-state index is -0.271. The predicted octanol–water partition coefficient (Wildman–Crippen LogP) is 6.00. The Balaban J connectivity index is 1.60. The molecular formula is C25H28N2O2. The number of carbonyl (C=O) groups excluding carboxylic acids is 1. The summed E-state index contributed by atoms with van der Waals surface area (Å²) >= 11 is 0. The van der Waals surface area contributed by atoms with E-state index < -0.39 is 0 Å². The van der Waals surface area contributed by atoms with Crippen LogP contribution in [0, 0.1) is 11.3 Å². The quantitative estimate of drug-likeness (QED) is 0.526. The lowest BCUT2D eigenvalue weighted by molar-refractivity contribution is 0.0526. The fourth-order valence-electron chi connectivity index (χ4n) is 4.44. The van der Waals surface area contributed by atoms with Gasteiger partial charge in [-0.15, -0.1) is 0 Å². The van der Waals surface area contributed by atoms with Crippen molar-refractivity contribution in [3.8, 4) is 0 Å². The number of nitrogens with zero attached hydrogens (tertiary/aromatic N) is 1. The number of fused-ring (bicyclic) bond motifs is 1. The SMILES string of the molecule is CCOC(=O)c1ccc(C(Nc2cnc3ccccc3c2)C2CC(C)(C)C2)cc1. The van der Waals surface area contributed by atoms with Gasteiger partial charge < -0.3 is 10.1 Å². The van der Waals surface area contributed by atoms with E-state index in [4.69, 9.17) is 4.74 Å². The largest absolute Gasteiger partial charge is 0.462 e. The first kappa shape index (κ1) is 19.4. The van der Waals surface area contributed by atoms with Gasteiger partial charge >= 0.3 is 5.97 Å². The number of esters is 1. The molecule has 150 valence electrons. The molecule has 0 saturated heterocycles. The summed E-state index contributed by atoms with van der Waals surface area (Å²) in [5, 5.41) is 4.85. The number of para-hydroxylation sites is 1. The molecule has 1 heterocycles. The molecule has 1 N–H and O–H groups in total. The molecule has 1 aliphatic carbocycles. The van der Waals surface area contributed by atoms with E-state index in [9.17, 15) is 4.79 Å². The molecule has 4 heteroatoms. The van der Waals surface area contributed by atoms with Gasteiger partial charge in [-0.1, -0.05) is 44.2 Å². The third kappa shape index (κ3) is 4.26. The van der Waals surface area contributed by atoms with Crippen LogP contribution in [0.4, 0.5) is 5.69 Å². The van der Waals surface area contributed by atoms with E-state index in [1.165, 1.54) is 18.4 Å². The lowest BCUT2D eigenvalue weighted by Gasteiger charge is -2.47. The second-order valence-electron chi connectivity index (χ2n) is 8.71. The van der Waals surface area contributed by atoms with Gasteiger partial charge in [-0.25, -0.2) is 4.79 Å². The third-order valence-corrected chi connectivity index (χ3v) is 5.79. The summed E-state index contributed by atoms with van der Waals surface area (Å²) in [6, 6.07) is 18.3. The summed E-state index contributed by atoms with van der Waals surface area (Å²) in [7, 11) is 0. The number of carbonyl (C=O) groups is 1. The minimum absolute atomic E-state index is 0.183. The van der Waals surface area contributed by atoms with Crippen LogP contribution in [-0.4, -0.2) is 17.6 Å². The Morgan fingerprint density at radius 2 is 1.90 bits per heavy atom. The highest BCUT2D eigenvalue weighted by Gasteiger charge is 2.41. The van der Waals surface area contributed by atoms with Crippen LogP contribution in [0.2, 0.25) is 0 Å². The van der Waals surface area contributed by atoms with Gasteiger partial charge in [0.2, 0.25) is 0 Å². The van der Waals surface area contributed by atoms with Gasteiger partial charge in [0.15, 0.2) is 0 Å². The molecule has 1 unspecified atom stereocenters. The van der Waals surface area contributed by atoms with Crippen LogP contribution in [0.3, 0.4) is 0 Å². The Hall–Kier alpha value is -2.88. The van der Waals surface area contributed by atoms with E-state index in [1.54, 1.807) is 0 Å². The third-order valence-electron chi connectivity index (χ3n) is 5.79. The molecule has 0 aliphatic heterocycles. The van der Waals surface area contributed by atoms with Gasteiger partial charge in [0.05, 0.1) is 35.6 Å². The van der Waals surface area contributed by atoms with E-state index in [0.717, 1.165) is 16.6 Å².